The molecule has 15 heavy (non-hydrogen) atoms. The molecule has 0 radical (unpaired) electrons. The van der Waals surface area contributed by atoms with E-state index in [1.54, 1.807) is 18.2 Å². The van der Waals surface area contributed by atoms with Crippen LogP contribution in [0.15, 0.2) is 41.0 Å². The average Bonchev–Trinajstić information content (AvgIpc) is 2.74. The summed E-state index contributed by atoms with van der Waals surface area (Å²) in [5.74, 6) is -0.203. The summed E-state index contributed by atoms with van der Waals surface area (Å²) in [5, 5.41) is 9.85. The Bertz CT molecular complexity index is 454. The van der Waals surface area contributed by atoms with Gasteiger partial charge in [-0.05, 0) is 18.2 Å². The molecular weight excluding hydrogens is 197 g/mol. The monoisotopic (exact) mass is 207 g/mol. The van der Waals surface area contributed by atoms with Crippen LogP contribution in [0.2, 0.25) is 0 Å². The van der Waals surface area contributed by atoms with Crippen LogP contribution in [0, 0.1) is 5.82 Å². The van der Waals surface area contributed by atoms with Crippen molar-refractivity contribution >= 4 is 5.69 Å². The summed E-state index contributed by atoms with van der Waals surface area (Å²) in [4.78, 5) is 0. The van der Waals surface area contributed by atoms with Gasteiger partial charge in [0.05, 0.1) is 12.0 Å². The van der Waals surface area contributed by atoms with E-state index in [4.69, 9.17) is 10.2 Å². The number of para-hydroxylation sites is 1. The third kappa shape index (κ3) is 1.71. The Morgan fingerprint density at radius 1 is 1.27 bits per heavy atom. The Morgan fingerprint density at radius 2 is 2.07 bits per heavy atom. The SMILES string of the molecule is Nc1c(F)cccc1C(O)c1ccco1. The summed E-state index contributed by atoms with van der Waals surface area (Å²) >= 11 is 0. The van der Waals surface area contributed by atoms with E-state index >= 15 is 0 Å². The first-order chi connectivity index (χ1) is 7.20. The normalized spacial score (nSPS) is 12.7. The fraction of sp³-hybridized carbons (Fsp3) is 0.0909. The minimum absolute atomic E-state index is 0.0543. The van der Waals surface area contributed by atoms with Crippen molar-refractivity contribution in [1.82, 2.24) is 0 Å². The molecule has 1 heterocycles. The molecule has 1 atom stereocenters. The zero-order valence-corrected chi connectivity index (χ0v) is 7.85. The second-order valence-electron chi connectivity index (χ2n) is 3.16. The van der Waals surface area contributed by atoms with E-state index in [2.05, 4.69) is 0 Å². The van der Waals surface area contributed by atoms with Gasteiger partial charge < -0.3 is 15.3 Å². The third-order valence-corrected chi connectivity index (χ3v) is 2.19. The maximum atomic E-state index is 13.1. The summed E-state index contributed by atoms with van der Waals surface area (Å²) < 4.78 is 18.1. The molecule has 0 aliphatic heterocycles. The zero-order chi connectivity index (χ0) is 10.8. The van der Waals surface area contributed by atoms with Gasteiger partial charge in [0, 0.05) is 5.56 Å². The number of rotatable bonds is 2. The van der Waals surface area contributed by atoms with E-state index in [1.165, 1.54) is 18.4 Å². The van der Waals surface area contributed by atoms with Crippen molar-refractivity contribution in [2.24, 2.45) is 0 Å². The lowest BCUT2D eigenvalue weighted by atomic mass is 10.1. The highest BCUT2D eigenvalue weighted by Gasteiger charge is 2.17. The van der Waals surface area contributed by atoms with Crippen LogP contribution in [0.4, 0.5) is 10.1 Å². The van der Waals surface area contributed by atoms with E-state index in [1.807, 2.05) is 0 Å². The minimum atomic E-state index is -1.03. The number of halogens is 1. The van der Waals surface area contributed by atoms with Gasteiger partial charge in [-0.3, -0.25) is 0 Å². The first-order valence-corrected chi connectivity index (χ1v) is 4.45. The quantitative estimate of drug-likeness (QED) is 0.741. The highest BCUT2D eigenvalue weighted by molar-refractivity contribution is 5.50. The molecule has 0 aliphatic carbocycles. The molecule has 1 aromatic carbocycles. The number of aliphatic hydroxyl groups is 1. The molecule has 0 bridgehead atoms. The summed E-state index contributed by atoms with van der Waals surface area (Å²) in [6.45, 7) is 0. The van der Waals surface area contributed by atoms with Crippen molar-refractivity contribution in [1.29, 1.82) is 0 Å². The topological polar surface area (TPSA) is 59.4 Å². The van der Waals surface area contributed by atoms with Gasteiger partial charge in [-0.2, -0.15) is 0 Å². The van der Waals surface area contributed by atoms with Crippen LogP contribution in [0.3, 0.4) is 0 Å². The Balaban J connectivity index is 2.42. The molecule has 3 N–H and O–H groups in total. The van der Waals surface area contributed by atoms with Gasteiger partial charge in [-0.15, -0.1) is 0 Å². The van der Waals surface area contributed by atoms with Crippen molar-refractivity contribution in [3.63, 3.8) is 0 Å². The maximum absolute atomic E-state index is 13.1. The van der Waals surface area contributed by atoms with Gasteiger partial charge >= 0.3 is 0 Å². The second kappa shape index (κ2) is 3.74. The maximum Gasteiger partial charge on any atom is 0.146 e. The van der Waals surface area contributed by atoms with Crippen molar-refractivity contribution in [2.75, 3.05) is 5.73 Å². The standard InChI is InChI=1S/C11H10FNO2/c12-8-4-1-3-7(10(8)13)11(14)9-5-2-6-15-9/h1-6,11,14H,13H2. The first kappa shape index (κ1) is 9.73. The fourth-order valence-electron chi connectivity index (χ4n) is 1.39. The van der Waals surface area contributed by atoms with Crippen molar-refractivity contribution < 1.29 is 13.9 Å². The number of benzene rings is 1. The molecule has 0 amide bonds. The molecule has 0 saturated carbocycles. The molecule has 78 valence electrons. The van der Waals surface area contributed by atoms with Crippen LogP contribution in [0.5, 0.6) is 0 Å². The number of hydrogen-bond acceptors (Lipinski definition) is 3. The Morgan fingerprint density at radius 3 is 2.73 bits per heavy atom. The average molecular weight is 207 g/mol. The number of nitrogen functional groups attached to an aromatic ring is 1. The molecule has 0 spiro atoms. The molecule has 3 nitrogen and oxygen atoms in total. The number of nitrogens with two attached hydrogens (primary N) is 1. The van der Waals surface area contributed by atoms with Crippen LogP contribution in [-0.2, 0) is 0 Å². The zero-order valence-electron chi connectivity index (χ0n) is 7.85. The number of furan rings is 1. The fourth-order valence-corrected chi connectivity index (χ4v) is 1.39. The smallest absolute Gasteiger partial charge is 0.146 e. The third-order valence-electron chi connectivity index (χ3n) is 2.19. The largest absolute Gasteiger partial charge is 0.466 e. The highest BCUT2D eigenvalue weighted by Crippen LogP contribution is 2.28. The van der Waals surface area contributed by atoms with E-state index in [0.29, 0.717) is 11.3 Å². The van der Waals surface area contributed by atoms with E-state index in [-0.39, 0.29) is 5.69 Å². The minimum Gasteiger partial charge on any atom is -0.466 e. The van der Waals surface area contributed by atoms with Crippen LogP contribution in [0.1, 0.15) is 17.4 Å². The summed E-state index contributed by atoms with van der Waals surface area (Å²) in [6, 6.07) is 7.55. The van der Waals surface area contributed by atoms with Crippen molar-refractivity contribution in [2.45, 2.75) is 6.10 Å². The molecule has 1 aromatic heterocycles. The van der Waals surface area contributed by atoms with Gasteiger partial charge in [-0.1, -0.05) is 12.1 Å². The van der Waals surface area contributed by atoms with Crippen LogP contribution >= 0.6 is 0 Å². The molecule has 4 heteroatoms. The Hall–Kier alpha value is -1.81. The summed E-state index contributed by atoms with van der Waals surface area (Å²) in [7, 11) is 0. The van der Waals surface area contributed by atoms with Crippen LogP contribution < -0.4 is 5.73 Å². The van der Waals surface area contributed by atoms with Crippen molar-refractivity contribution in [3.05, 3.63) is 53.7 Å². The lowest BCUT2D eigenvalue weighted by Gasteiger charge is -2.11. The molecule has 1 unspecified atom stereocenters. The van der Waals surface area contributed by atoms with E-state index in [0.717, 1.165) is 0 Å². The first-order valence-electron chi connectivity index (χ1n) is 4.45. The van der Waals surface area contributed by atoms with Gasteiger partial charge in [-0.25, -0.2) is 4.39 Å². The van der Waals surface area contributed by atoms with Gasteiger partial charge in [0.2, 0.25) is 0 Å². The highest BCUT2D eigenvalue weighted by atomic mass is 19.1. The number of aliphatic hydroxyl groups excluding tert-OH is 1. The Labute approximate surface area is 85.9 Å². The van der Waals surface area contributed by atoms with Gasteiger partial charge in [0.15, 0.2) is 0 Å². The second-order valence-corrected chi connectivity index (χ2v) is 3.16. The molecular formula is C11H10FNO2. The van der Waals surface area contributed by atoms with E-state index < -0.39 is 11.9 Å². The van der Waals surface area contributed by atoms with Gasteiger partial charge in [0.1, 0.15) is 17.7 Å². The molecule has 0 saturated heterocycles. The molecule has 0 aliphatic rings. The van der Waals surface area contributed by atoms with Crippen molar-refractivity contribution in [3.8, 4) is 0 Å². The molecule has 2 rings (SSSR count). The predicted molar refractivity (Wildman–Crippen MR) is 53.6 cm³/mol. The lowest BCUT2D eigenvalue weighted by Crippen LogP contribution is -2.04. The van der Waals surface area contributed by atoms with Crippen LogP contribution in [-0.4, -0.2) is 5.11 Å². The van der Waals surface area contributed by atoms with Crippen LogP contribution in [0.25, 0.3) is 0 Å². The number of hydrogen-bond donors (Lipinski definition) is 2. The number of anilines is 1. The predicted octanol–water partition coefficient (Wildman–Crippen LogP) is 2.08. The summed E-state index contributed by atoms with van der Waals surface area (Å²) in [6.07, 6.45) is 0.407. The Kier molecular flexibility index (Phi) is 2.43. The lowest BCUT2D eigenvalue weighted by molar-refractivity contribution is 0.189. The van der Waals surface area contributed by atoms with Gasteiger partial charge in [0.25, 0.3) is 0 Å². The molecule has 0 fully saturated rings. The summed E-state index contributed by atoms with van der Waals surface area (Å²) in [5.41, 5.74) is 5.77. The van der Waals surface area contributed by atoms with E-state index in [9.17, 15) is 9.50 Å². The molecule has 2 aromatic rings.